The molecule has 0 unspecified atom stereocenters. The van der Waals surface area contributed by atoms with E-state index >= 15 is 0 Å². The number of benzene rings is 1. The van der Waals surface area contributed by atoms with Gasteiger partial charge in [-0.3, -0.25) is 4.79 Å². The Morgan fingerprint density at radius 3 is 2.86 bits per heavy atom. The third kappa shape index (κ3) is 3.33. The van der Waals surface area contributed by atoms with E-state index in [0.29, 0.717) is 22.8 Å². The second kappa shape index (κ2) is 6.73. The van der Waals surface area contributed by atoms with E-state index < -0.39 is 0 Å². The fourth-order valence-electron chi connectivity index (χ4n) is 3.35. The smallest absolute Gasteiger partial charge is 0.261 e. The van der Waals surface area contributed by atoms with Crippen LogP contribution in [-0.2, 0) is 0 Å². The quantitative estimate of drug-likeness (QED) is 0.548. The molecule has 1 aromatic carbocycles. The fraction of sp³-hybridized carbons (Fsp3) is 0.238. The van der Waals surface area contributed by atoms with Gasteiger partial charge in [-0.15, -0.1) is 0 Å². The molecule has 1 aliphatic rings. The Balaban J connectivity index is 1.49. The van der Waals surface area contributed by atoms with Crippen LogP contribution in [0.5, 0.6) is 0 Å². The van der Waals surface area contributed by atoms with Crippen molar-refractivity contribution in [1.82, 2.24) is 24.6 Å². The first-order valence-corrected chi connectivity index (χ1v) is 9.56. The third-order valence-corrected chi connectivity index (χ3v) is 5.09. The van der Waals surface area contributed by atoms with Crippen molar-refractivity contribution in [3.05, 3.63) is 60.3 Å². The summed E-state index contributed by atoms with van der Waals surface area (Å²) >= 11 is 0. The van der Waals surface area contributed by atoms with Crippen molar-refractivity contribution < 1.29 is 4.79 Å². The molecule has 0 bridgehead atoms. The van der Waals surface area contributed by atoms with Crippen LogP contribution < -0.4 is 10.2 Å². The predicted molar refractivity (Wildman–Crippen MR) is 111 cm³/mol. The first-order valence-electron chi connectivity index (χ1n) is 9.56. The summed E-state index contributed by atoms with van der Waals surface area (Å²) in [5.74, 6) is 1.02. The molecule has 0 aliphatic heterocycles. The van der Waals surface area contributed by atoms with Gasteiger partial charge in [-0.25, -0.2) is 14.5 Å². The number of carbonyl (C=O) groups is 1. The molecule has 0 radical (unpaired) electrons. The highest BCUT2D eigenvalue weighted by atomic mass is 16.1. The van der Waals surface area contributed by atoms with E-state index in [4.69, 9.17) is 0 Å². The number of nitrogens with zero attached hydrogens (tertiary/aromatic N) is 5. The summed E-state index contributed by atoms with van der Waals surface area (Å²) in [7, 11) is 3.92. The zero-order valence-corrected chi connectivity index (χ0v) is 16.3. The molecule has 3 aromatic heterocycles. The topological polar surface area (TPSA) is 91.2 Å². The molecule has 2 N–H and O–H groups in total. The first kappa shape index (κ1) is 17.4. The van der Waals surface area contributed by atoms with Crippen LogP contribution in [0.2, 0.25) is 0 Å². The SMILES string of the molecule is CN(C)c1cc(NC(=O)c2cnn3ccc(C4CC4)nc23)cc(-c2ncc[nH]2)c1. The number of carbonyl (C=O) groups excluding carboxylic acids is 1. The van der Waals surface area contributed by atoms with Crippen molar-refractivity contribution in [2.24, 2.45) is 0 Å². The second-order valence-electron chi connectivity index (χ2n) is 7.51. The van der Waals surface area contributed by atoms with Crippen LogP contribution in [0.25, 0.3) is 17.0 Å². The highest BCUT2D eigenvalue weighted by molar-refractivity contribution is 6.08. The van der Waals surface area contributed by atoms with Gasteiger partial charge < -0.3 is 15.2 Å². The van der Waals surface area contributed by atoms with Gasteiger partial charge in [0.2, 0.25) is 0 Å². The number of imidazole rings is 1. The van der Waals surface area contributed by atoms with Crippen LogP contribution in [0.4, 0.5) is 11.4 Å². The van der Waals surface area contributed by atoms with Gasteiger partial charge in [0.05, 0.1) is 6.20 Å². The number of hydrogen-bond donors (Lipinski definition) is 2. The summed E-state index contributed by atoms with van der Waals surface area (Å²) in [5, 5.41) is 7.27. The number of aromatic nitrogens is 5. The summed E-state index contributed by atoms with van der Waals surface area (Å²) in [6.07, 6.45) is 9.24. The predicted octanol–water partition coefficient (Wildman–Crippen LogP) is 3.32. The lowest BCUT2D eigenvalue weighted by Gasteiger charge is -2.16. The van der Waals surface area contributed by atoms with Gasteiger partial charge in [-0.05, 0) is 37.1 Å². The van der Waals surface area contributed by atoms with Gasteiger partial charge in [-0.2, -0.15) is 5.10 Å². The molecule has 5 rings (SSSR count). The Labute approximate surface area is 167 Å². The van der Waals surface area contributed by atoms with Crippen LogP contribution in [0.3, 0.4) is 0 Å². The van der Waals surface area contributed by atoms with Crippen LogP contribution in [0.1, 0.15) is 34.8 Å². The molecule has 1 amide bonds. The van der Waals surface area contributed by atoms with Crippen molar-refractivity contribution >= 4 is 22.9 Å². The lowest BCUT2D eigenvalue weighted by molar-refractivity contribution is 0.102. The number of H-pyrrole nitrogens is 1. The average molecular weight is 387 g/mol. The molecule has 3 heterocycles. The molecule has 0 spiro atoms. The minimum Gasteiger partial charge on any atom is -0.378 e. The maximum atomic E-state index is 13.0. The Morgan fingerprint density at radius 2 is 2.14 bits per heavy atom. The Kier molecular flexibility index (Phi) is 4.04. The Bertz CT molecular complexity index is 1190. The van der Waals surface area contributed by atoms with Crippen molar-refractivity contribution in [2.75, 3.05) is 24.3 Å². The molecule has 1 aliphatic carbocycles. The van der Waals surface area contributed by atoms with Gasteiger partial charge >= 0.3 is 0 Å². The summed E-state index contributed by atoms with van der Waals surface area (Å²) < 4.78 is 1.64. The van der Waals surface area contributed by atoms with Crippen LogP contribution in [0.15, 0.2) is 49.1 Å². The van der Waals surface area contributed by atoms with E-state index in [-0.39, 0.29) is 5.91 Å². The number of anilines is 2. The van der Waals surface area contributed by atoms with E-state index in [9.17, 15) is 4.79 Å². The Morgan fingerprint density at radius 1 is 1.28 bits per heavy atom. The van der Waals surface area contributed by atoms with Crippen LogP contribution in [-0.4, -0.2) is 44.6 Å². The molecule has 1 saturated carbocycles. The van der Waals surface area contributed by atoms with Crippen molar-refractivity contribution in [3.8, 4) is 11.4 Å². The summed E-state index contributed by atoms with van der Waals surface area (Å²) in [4.78, 5) is 27.1. The average Bonchev–Trinajstić information content (AvgIpc) is 3.25. The molecule has 8 heteroatoms. The second-order valence-corrected chi connectivity index (χ2v) is 7.51. The summed E-state index contributed by atoms with van der Waals surface area (Å²) in [6, 6.07) is 7.83. The standard InChI is InChI=1S/C21H21N7O/c1-27(2)16-10-14(19-22-6-7-23-19)9-15(11-16)25-21(29)17-12-24-28-8-5-18(13-3-4-13)26-20(17)28/h5-13H,3-4H2,1-2H3,(H,22,23)(H,25,29). The van der Waals surface area contributed by atoms with Gasteiger partial charge in [0.1, 0.15) is 11.4 Å². The molecule has 0 saturated heterocycles. The zero-order chi connectivity index (χ0) is 20.0. The van der Waals surface area contributed by atoms with E-state index in [2.05, 4.69) is 25.4 Å². The number of nitrogens with one attached hydrogen (secondary N) is 2. The number of hydrogen-bond acceptors (Lipinski definition) is 5. The highest BCUT2D eigenvalue weighted by Crippen LogP contribution is 2.39. The number of rotatable bonds is 5. The Hall–Kier alpha value is -3.68. The molecule has 1 fully saturated rings. The molecule has 146 valence electrons. The lowest BCUT2D eigenvalue weighted by Crippen LogP contribution is -2.14. The summed E-state index contributed by atoms with van der Waals surface area (Å²) in [5.41, 5.74) is 4.62. The van der Waals surface area contributed by atoms with E-state index in [1.807, 2.05) is 49.5 Å². The number of aromatic amines is 1. The van der Waals surface area contributed by atoms with E-state index in [1.165, 1.54) is 0 Å². The van der Waals surface area contributed by atoms with Crippen molar-refractivity contribution in [3.63, 3.8) is 0 Å². The number of amides is 1. The molecule has 4 aromatic rings. The van der Waals surface area contributed by atoms with Gasteiger partial charge in [-0.1, -0.05) is 0 Å². The van der Waals surface area contributed by atoms with Crippen molar-refractivity contribution in [2.45, 2.75) is 18.8 Å². The van der Waals surface area contributed by atoms with E-state index in [1.54, 1.807) is 23.1 Å². The molecular weight excluding hydrogens is 366 g/mol. The van der Waals surface area contributed by atoms with Gasteiger partial charge in [0.25, 0.3) is 5.91 Å². The van der Waals surface area contributed by atoms with Crippen molar-refractivity contribution in [1.29, 1.82) is 0 Å². The molecular formula is C21H21N7O. The minimum atomic E-state index is -0.234. The van der Waals surface area contributed by atoms with Crippen LogP contribution in [0, 0.1) is 0 Å². The van der Waals surface area contributed by atoms with Crippen LogP contribution >= 0.6 is 0 Å². The highest BCUT2D eigenvalue weighted by Gasteiger charge is 2.26. The molecule has 0 atom stereocenters. The maximum absolute atomic E-state index is 13.0. The van der Waals surface area contributed by atoms with E-state index in [0.717, 1.165) is 35.6 Å². The largest absolute Gasteiger partial charge is 0.378 e. The monoisotopic (exact) mass is 387 g/mol. The molecule has 8 nitrogen and oxygen atoms in total. The number of fused-ring (bicyclic) bond motifs is 1. The first-order chi connectivity index (χ1) is 14.1. The van der Waals surface area contributed by atoms with Gasteiger partial charge in [0, 0.05) is 61.2 Å². The molecule has 29 heavy (non-hydrogen) atoms. The van der Waals surface area contributed by atoms with Gasteiger partial charge in [0.15, 0.2) is 5.65 Å². The fourth-order valence-corrected chi connectivity index (χ4v) is 3.35. The minimum absolute atomic E-state index is 0.234. The zero-order valence-electron chi connectivity index (χ0n) is 16.3. The summed E-state index contributed by atoms with van der Waals surface area (Å²) in [6.45, 7) is 0. The lowest BCUT2D eigenvalue weighted by atomic mass is 10.1. The normalized spacial score (nSPS) is 13.6. The maximum Gasteiger partial charge on any atom is 0.261 e. The third-order valence-electron chi connectivity index (χ3n) is 5.09.